The summed E-state index contributed by atoms with van der Waals surface area (Å²) < 4.78 is 1.73. The highest BCUT2D eigenvalue weighted by Gasteiger charge is 2.13. The quantitative estimate of drug-likeness (QED) is 0.685. The number of aryl methyl sites for hydroxylation is 1. The van der Waals surface area contributed by atoms with Crippen molar-refractivity contribution in [3.05, 3.63) is 11.8 Å². The molecule has 0 N–H and O–H groups in total. The van der Waals surface area contributed by atoms with Gasteiger partial charge in [-0.3, -0.25) is 9.48 Å². The predicted molar refractivity (Wildman–Crippen MR) is 56.8 cm³/mol. The smallest absolute Gasteiger partial charge is 0.180 e. The van der Waals surface area contributed by atoms with Gasteiger partial charge in [0, 0.05) is 33.1 Å². The fourth-order valence-electron chi connectivity index (χ4n) is 1.22. The molecule has 0 saturated carbocycles. The molecular formula is C10H17N3O. The van der Waals surface area contributed by atoms with Crippen molar-refractivity contribution in [3.8, 4) is 0 Å². The van der Waals surface area contributed by atoms with E-state index in [4.69, 9.17) is 0 Å². The summed E-state index contributed by atoms with van der Waals surface area (Å²) in [7, 11) is 3.84. The third-order valence-corrected chi connectivity index (χ3v) is 2.35. The Bertz CT molecular complexity index is 341. The Hall–Kier alpha value is -1.32. The van der Waals surface area contributed by atoms with Gasteiger partial charge in [0.25, 0.3) is 0 Å². The molecule has 0 bridgehead atoms. The number of carbonyl (C=O) groups is 1. The summed E-state index contributed by atoms with van der Waals surface area (Å²) >= 11 is 0. The molecule has 1 aromatic heterocycles. The van der Waals surface area contributed by atoms with Crippen LogP contribution in [0.2, 0.25) is 0 Å². The van der Waals surface area contributed by atoms with E-state index in [1.54, 1.807) is 4.68 Å². The van der Waals surface area contributed by atoms with Gasteiger partial charge in [0.2, 0.25) is 0 Å². The predicted octanol–water partition coefficient (Wildman–Crippen LogP) is 1.47. The molecule has 0 aromatic carbocycles. The van der Waals surface area contributed by atoms with Crippen LogP contribution in [0.1, 0.15) is 31.3 Å². The molecule has 0 saturated heterocycles. The SMILES string of the molecule is CC(=O)c1cc(N(C)C(C)C)n(C)n1. The lowest BCUT2D eigenvalue weighted by molar-refractivity contribution is 0.101. The lowest BCUT2D eigenvalue weighted by atomic mass is 10.3. The molecule has 0 spiro atoms. The second kappa shape index (κ2) is 3.82. The molecule has 4 heteroatoms. The van der Waals surface area contributed by atoms with Crippen molar-refractivity contribution in [1.29, 1.82) is 0 Å². The Labute approximate surface area is 84.5 Å². The van der Waals surface area contributed by atoms with Crippen LogP contribution in [0.15, 0.2) is 6.07 Å². The summed E-state index contributed by atoms with van der Waals surface area (Å²) in [6.45, 7) is 5.72. The Morgan fingerprint density at radius 1 is 1.57 bits per heavy atom. The van der Waals surface area contributed by atoms with Crippen LogP contribution in [-0.4, -0.2) is 28.7 Å². The molecule has 0 amide bonds. The molecule has 0 fully saturated rings. The van der Waals surface area contributed by atoms with Crippen LogP contribution < -0.4 is 4.90 Å². The Morgan fingerprint density at radius 3 is 2.50 bits per heavy atom. The summed E-state index contributed by atoms with van der Waals surface area (Å²) in [5.74, 6) is 0.967. The van der Waals surface area contributed by atoms with Crippen molar-refractivity contribution in [3.63, 3.8) is 0 Å². The van der Waals surface area contributed by atoms with Crippen molar-refractivity contribution >= 4 is 11.6 Å². The van der Waals surface area contributed by atoms with Gasteiger partial charge in [-0.25, -0.2) is 0 Å². The normalized spacial score (nSPS) is 10.7. The van der Waals surface area contributed by atoms with Crippen LogP contribution in [0.25, 0.3) is 0 Å². The third kappa shape index (κ3) is 1.95. The standard InChI is InChI=1S/C10H17N3O/c1-7(2)12(4)10-6-9(8(3)14)11-13(10)5/h6-7H,1-5H3. The molecule has 1 aromatic rings. The second-order valence-electron chi connectivity index (χ2n) is 3.77. The van der Waals surface area contributed by atoms with E-state index >= 15 is 0 Å². The number of carbonyl (C=O) groups excluding carboxylic acids is 1. The maximum atomic E-state index is 11.1. The second-order valence-corrected chi connectivity index (χ2v) is 3.77. The van der Waals surface area contributed by atoms with Gasteiger partial charge in [0.15, 0.2) is 5.78 Å². The average molecular weight is 195 g/mol. The number of aromatic nitrogens is 2. The highest BCUT2D eigenvalue weighted by Crippen LogP contribution is 2.16. The minimum atomic E-state index is 0.00371. The Kier molecular flexibility index (Phi) is 2.93. The first kappa shape index (κ1) is 10.8. The molecule has 0 radical (unpaired) electrons. The molecule has 1 rings (SSSR count). The van der Waals surface area contributed by atoms with Gasteiger partial charge < -0.3 is 4.90 Å². The lowest BCUT2D eigenvalue weighted by Crippen LogP contribution is -2.27. The van der Waals surface area contributed by atoms with E-state index in [1.807, 2.05) is 20.2 Å². The summed E-state index contributed by atoms with van der Waals surface area (Å²) in [5.41, 5.74) is 0.523. The van der Waals surface area contributed by atoms with E-state index in [0.29, 0.717) is 11.7 Å². The van der Waals surface area contributed by atoms with Gasteiger partial charge >= 0.3 is 0 Å². The van der Waals surface area contributed by atoms with Gasteiger partial charge in [0.1, 0.15) is 11.5 Å². The van der Waals surface area contributed by atoms with E-state index in [-0.39, 0.29) is 5.78 Å². The lowest BCUT2D eigenvalue weighted by Gasteiger charge is -2.22. The number of nitrogens with zero attached hydrogens (tertiary/aromatic N) is 3. The van der Waals surface area contributed by atoms with Crippen molar-refractivity contribution < 1.29 is 4.79 Å². The molecule has 0 aliphatic carbocycles. The first-order chi connectivity index (χ1) is 6.43. The number of hydrogen-bond acceptors (Lipinski definition) is 3. The van der Waals surface area contributed by atoms with Gasteiger partial charge in [0.05, 0.1) is 0 Å². The van der Waals surface area contributed by atoms with Crippen molar-refractivity contribution in [2.24, 2.45) is 7.05 Å². The van der Waals surface area contributed by atoms with Gasteiger partial charge in [-0.15, -0.1) is 0 Å². The van der Waals surface area contributed by atoms with E-state index in [0.717, 1.165) is 5.82 Å². The number of rotatable bonds is 3. The zero-order chi connectivity index (χ0) is 10.9. The molecule has 0 unspecified atom stereocenters. The van der Waals surface area contributed by atoms with Gasteiger partial charge in [-0.2, -0.15) is 5.10 Å². The molecule has 0 aliphatic heterocycles. The molecule has 0 aliphatic rings. The highest BCUT2D eigenvalue weighted by molar-refractivity contribution is 5.92. The molecular weight excluding hydrogens is 178 g/mol. The summed E-state index contributed by atoms with van der Waals surface area (Å²) in [6.07, 6.45) is 0. The van der Waals surface area contributed by atoms with E-state index < -0.39 is 0 Å². The summed E-state index contributed by atoms with van der Waals surface area (Å²) in [6, 6.07) is 2.22. The average Bonchev–Trinajstić information content (AvgIpc) is 2.46. The minimum Gasteiger partial charge on any atom is -0.357 e. The van der Waals surface area contributed by atoms with Crippen molar-refractivity contribution in [2.45, 2.75) is 26.8 Å². The van der Waals surface area contributed by atoms with Crippen LogP contribution in [0.5, 0.6) is 0 Å². The number of ketones is 1. The maximum absolute atomic E-state index is 11.1. The highest BCUT2D eigenvalue weighted by atomic mass is 16.1. The zero-order valence-corrected chi connectivity index (χ0v) is 9.40. The van der Waals surface area contributed by atoms with Crippen LogP contribution in [-0.2, 0) is 7.05 Å². The van der Waals surface area contributed by atoms with Crippen molar-refractivity contribution in [2.75, 3.05) is 11.9 Å². The monoisotopic (exact) mass is 195 g/mol. The number of hydrogen-bond donors (Lipinski definition) is 0. The zero-order valence-electron chi connectivity index (χ0n) is 9.40. The van der Waals surface area contributed by atoms with Crippen LogP contribution in [0.4, 0.5) is 5.82 Å². The molecule has 78 valence electrons. The molecule has 4 nitrogen and oxygen atoms in total. The molecule has 1 heterocycles. The van der Waals surface area contributed by atoms with E-state index in [2.05, 4.69) is 23.8 Å². The van der Waals surface area contributed by atoms with Crippen LogP contribution >= 0.6 is 0 Å². The summed E-state index contributed by atoms with van der Waals surface area (Å²) in [5, 5.41) is 4.14. The fourth-order valence-corrected chi connectivity index (χ4v) is 1.22. The maximum Gasteiger partial charge on any atom is 0.180 e. The third-order valence-electron chi connectivity index (χ3n) is 2.35. The van der Waals surface area contributed by atoms with Crippen molar-refractivity contribution in [1.82, 2.24) is 9.78 Å². The number of Topliss-reactive ketones (excluding diaryl/α,β-unsaturated/α-hetero) is 1. The van der Waals surface area contributed by atoms with Gasteiger partial charge in [-0.05, 0) is 13.8 Å². The first-order valence-corrected chi connectivity index (χ1v) is 4.71. The Balaban J connectivity index is 3.04. The number of anilines is 1. The Morgan fingerprint density at radius 2 is 2.14 bits per heavy atom. The minimum absolute atomic E-state index is 0.00371. The molecule has 0 atom stereocenters. The van der Waals surface area contributed by atoms with E-state index in [1.165, 1.54) is 6.92 Å². The van der Waals surface area contributed by atoms with Gasteiger partial charge in [-0.1, -0.05) is 0 Å². The largest absolute Gasteiger partial charge is 0.357 e. The topological polar surface area (TPSA) is 38.1 Å². The fraction of sp³-hybridized carbons (Fsp3) is 0.600. The first-order valence-electron chi connectivity index (χ1n) is 4.71. The summed E-state index contributed by atoms with van der Waals surface area (Å²) in [4.78, 5) is 13.2. The van der Waals surface area contributed by atoms with Crippen LogP contribution in [0, 0.1) is 0 Å². The van der Waals surface area contributed by atoms with Crippen LogP contribution in [0.3, 0.4) is 0 Å². The van der Waals surface area contributed by atoms with E-state index in [9.17, 15) is 4.79 Å². The molecule has 14 heavy (non-hydrogen) atoms.